The predicted octanol–water partition coefficient (Wildman–Crippen LogP) is 2.03. The molecule has 6 heteroatoms. The van der Waals surface area contributed by atoms with E-state index >= 15 is 0 Å². The molecule has 21 heavy (non-hydrogen) atoms. The topological polar surface area (TPSA) is 85.1 Å². The number of pyridine rings is 1. The average Bonchev–Trinajstić information content (AvgIpc) is 2.53. The van der Waals surface area contributed by atoms with E-state index in [4.69, 9.17) is 5.73 Å². The zero-order valence-corrected chi connectivity index (χ0v) is 13.4. The summed E-state index contributed by atoms with van der Waals surface area (Å²) in [6.45, 7) is 3.07. The first-order valence-corrected chi connectivity index (χ1v) is 9.18. The van der Waals surface area contributed by atoms with Crippen LogP contribution in [0.15, 0.2) is 23.2 Å². The SMILES string of the molecule is CCC1CCC(CNS(=O)(=O)c2ccc(CN)nc2)CC1. The van der Waals surface area contributed by atoms with E-state index in [1.54, 1.807) is 12.1 Å². The molecular weight excluding hydrogens is 286 g/mol. The first-order chi connectivity index (χ1) is 10.0. The van der Waals surface area contributed by atoms with E-state index in [1.807, 2.05) is 0 Å². The molecule has 2 rings (SSSR count). The van der Waals surface area contributed by atoms with Gasteiger partial charge in [0.05, 0.1) is 5.69 Å². The molecule has 0 aromatic carbocycles. The third-order valence-corrected chi connectivity index (χ3v) is 5.83. The first kappa shape index (κ1) is 16.4. The highest BCUT2D eigenvalue weighted by molar-refractivity contribution is 7.89. The molecule has 3 N–H and O–H groups in total. The molecular formula is C15H25N3O2S. The molecule has 0 amide bonds. The van der Waals surface area contributed by atoms with Gasteiger partial charge in [-0.3, -0.25) is 4.98 Å². The van der Waals surface area contributed by atoms with Crippen LogP contribution >= 0.6 is 0 Å². The van der Waals surface area contributed by atoms with Gasteiger partial charge in [0.2, 0.25) is 10.0 Å². The monoisotopic (exact) mass is 311 g/mol. The van der Waals surface area contributed by atoms with Crippen LogP contribution in [0.5, 0.6) is 0 Å². The molecule has 0 radical (unpaired) electrons. The van der Waals surface area contributed by atoms with Crippen LogP contribution in [0.4, 0.5) is 0 Å². The molecule has 1 aliphatic rings. The van der Waals surface area contributed by atoms with Crippen molar-refractivity contribution >= 4 is 10.0 Å². The van der Waals surface area contributed by atoms with Gasteiger partial charge in [-0.2, -0.15) is 0 Å². The Kier molecular flexibility index (Phi) is 5.72. The van der Waals surface area contributed by atoms with Crippen LogP contribution in [0, 0.1) is 11.8 Å². The first-order valence-electron chi connectivity index (χ1n) is 7.69. The summed E-state index contributed by atoms with van der Waals surface area (Å²) in [5, 5.41) is 0. The maximum Gasteiger partial charge on any atom is 0.242 e. The standard InChI is InChI=1S/C15H25N3O2S/c1-2-12-3-5-13(6-4-12)10-18-21(19,20)15-8-7-14(9-16)17-11-15/h7-8,11-13,18H,2-6,9-10,16H2,1H3. The fourth-order valence-corrected chi connectivity index (χ4v) is 3.91. The van der Waals surface area contributed by atoms with E-state index in [0.29, 0.717) is 24.7 Å². The summed E-state index contributed by atoms with van der Waals surface area (Å²) in [6.07, 6.45) is 7.28. The van der Waals surface area contributed by atoms with Crippen LogP contribution in [-0.2, 0) is 16.6 Å². The highest BCUT2D eigenvalue weighted by Gasteiger charge is 2.22. The van der Waals surface area contributed by atoms with Gasteiger partial charge in [-0.25, -0.2) is 13.1 Å². The van der Waals surface area contributed by atoms with Gasteiger partial charge in [-0.15, -0.1) is 0 Å². The molecule has 0 atom stereocenters. The predicted molar refractivity (Wildman–Crippen MR) is 83.1 cm³/mol. The second-order valence-corrected chi connectivity index (χ2v) is 7.60. The van der Waals surface area contributed by atoms with E-state index in [0.717, 1.165) is 18.8 Å². The van der Waals surface area contributed by atoms with Crippen LogP contribution in [0.3, 0.4) is 0 Å². The summed E-state index contributed by atoms with van der Waals surface area (Å²) in [4.78, 5) is 4.25. The van der Waals surface area contributed by atoms with Crippen molar-refractivity contribution in [1.82, 2.24) is 9.71 Å². The minimum absolute atomic E-state index is 0.210. The van der Waals surface area contributed by atoms with E-state index in [9.17, 15) is 8.42 Å². The molecule has 5 nitrogen and oxygen atoms in total. The van der Waals surface area contributed by atoms with Crippen molar-refractivity contribution in [3.05, 3.63) is 24.0 Å². The summed E-state index contributed by atoms with van der Waals surface area (Å²) < 4.78 is 27.1. The smallest absolute Gasteiger partial charge is 0.242 e. The Morgan fingerprint density at radius 2 is 1.90 bits per heavy atom. The molecule has 1 aromatic rings. The minimum Gasteiger partial charge on any atom is -0.325 e. The quantitative estimate of drug-likeness (QED) is 0.842. The van der Waals surface area contributed by atoms with Gasteiger partial charge < -0.3 is 5.73 Å². The second kappa shape index (κ2) is 7.33. The van der Waals surface area contributed by atoms with Crippen molar-refractivity contribution < 1.29 is 8.42 Å². The molecule has 1 saturated carbocycles. The number of nitrogens with two attached hydrogens (primary N) is 1. The zero-order valence-electron chi connectivity index (χ0n) is 12.6. The normalized spacial score (nSPS) is 23.1. The van der Waals surface area contributed by atoms with Crippen LogP contribution in [0.25, 0.3) is 0 Å². The summed E-state index contributed by atoms with van der Waals surface area (Å²) in [7, 11) is -3.46. The van der Waals surface area contributed by atoms with Gasteiger partial charge in [-0.05, 0) is 36.8 Å². The number of hydrogen-bond donors (Lipinski definition) is 2. The highest BCUT2D eigenvalue weighted by Crippen LogP contribution is 2.30. The van der Waals surface area contributed by atoms with E-state index in [2.05, 4.69) is 16.6 Å². The Bertz CT molecular complexity index is 535. The van der Waals surface area contributed by atoms with E-state index in [-0.39, 0.29) is 4.90 Å². The summed E-state index contributed by atoms with van der Waals surface area (Å²) in [6, 6.07) is 3.21. The van der Waals surface area contributed by atoms with Gasteiger partial charge >= 0.3 is 0 Å². The van der Waals surface area contributed by atoms with Crippen molar-refractivity contribution in [1.29, 1.82) is 0 Å². The van der Waals surface area contributed by atoms with Crippen molar-refractivity contribution in [3.63, 3.8) is 0 Å². The number of aromatic nitrogens is 1. The molecule has 1 heterocycles. The van der Waals surface area contributed by atoms with Crippen molar-refractivity contribution in [2.24, 2.45) is 17.6 Å². The van der Waals surface area contributed by atoms with Crippen LogP contribution in [0.1, 0.15) is 44.7 Å². The summed E-state index contributed by atoms with van der Waals surface area (Å²) >= 11 is 0. The van der Waals surface area contributed by atoms with Gasteiger partial charge in [0, 0.05) is 19.3 Å². The zero-order chi connectivity index (χ0) is 15.3. The molecule has 0 bridgehead atoms. The summed E-state index contributed by atoms with van der Waals surface area (Å²) in [5.41, 5.74) is 6.15. The van der Waals surface area contributed by atoms with Crippen LogP contribution in [-0.4, -0.2) is 19.9 Å². The lowest BCUT2D eigenvalue weighted by Crippen LogP contribution is -2.31. The minimum atomic E-state index is -3.46. The van der Waals surface area contributed by atoms with Crippen molar-refractivity contribution in [3.8, 4) is 0 Å². The maximum atomic E-state index is 12.2. The molecule has 1 aliphatic carbocycles. The fraction of sp³-hybridized carbons (Fsp3) is 0.667. The number of nitrogens with zero attached hydrogens (tertiary/aromatic N) is 1. The third kappa shape index (κ3) is 4.49. The van der Waals surface area contributed by atoms with Gasteiger partial charge in [0.15, 0.2) is 0 Å². The van der Waals surface area contributed by atoms with Gasteiger partial charge in [0.25, 0.3) is 0 Å². The maximum absolute atomic E-state index is 12.2. The molecule has 1 fully saturated rings. The fourth-order valence-electron chi connectivity index (χ4n) is 2.85. The van der Waals surface area contributed by atoms with Gasteiger partial charge in [0.1, 0.15) is 4.90 Å². The van der Waals surface area contributed by atoms with E-state index in [1.165, 1.54) is 25.5 Å². The second-order valence-electron chi connectivity index (χ2n) is 5.84. The highest BCUT2D eigenvalue weighted by atomic mass is 32.2. The lowest BCUT2D eigenvalue weighted by Gasteiger charge is -2.27. The Balaban J connectivity index is 1.89. The molecule has 0 unspecified atom stereocenters. The molecule has 0 saturated heterocycles. The lowest BCUT2D eigenvalue weighted by atomic mass is 9.81. The number of nitrogens with one attached hydrogen (secondary N) is 1. The Morgan fingerprint density at radius 1 is 1.24 bits per heavy atom. The Hall–Kier alpha value is -0.980. The number of hydrogen-bond acceptors (Lipinski definition) is 4. The molecule has 0 spiro atoms. The molecule has 1 aromatic heterocycles. The molecule has 118 valence electrons. The van der Waals surface area contributed by atoms with E-state index < -0.39 is 10.0 Å². The number of sulfonamides is 1. The Labute approximate surface area is 127 Å². The Morgan fingerprint density at radius 3 is 2.43 bits per heavy atom. The summed E-state index contributed by atoms with van der Waals surface area (Å²) in [5.74, 6) is 1.28. The third-order valence-electron chi connectivity index (χ3n) is 4.42. The van der Waals surface area contributed by atoms with Crippen LogP contribution < -0.4 is 10.5 Å². The van der Waals surface area contributed by atoms with Crippen LogP contribution in [0.2, 0.25) is 0 Å². The van der Waals surface area contributed by atoms with Crippen molar-refractivity contribution in [2.75, 3.05) is 6.54 Å². The lowest BCUT2D eigenvalue weighted by molar-refractivity contribution is 0.270. The van der Waals surface area contributed by atoms with Gasteiger partial charge in [-0.1, -0.05) is 26.2 Å². The number of rotatable bonds is 6. The average molecular weight is 311 g/mol. The molecule has 0 aliphatic heterocycles. The van der Waals surface area contributed by atoms with Crippen molar-refractivity contribution in [2.45, 2.75) is 50.5 Å². The largest absolute Gasteiger partial charge is 0.325 e.